The molecule has 1 unspecified atom stereocenters. The van der Waals surface area contributed by atoms with Crippen LogP contribution in [0.1, 0.15) is 40.4 Å². The zero-order valence-electron chi connectivity index (χ0n) is 16.9. The van der Waals surface area contributed by atoms with Crippen LogP contribution in [0.4, 0.5) is 5.82 Å². The molecule has 0 spiro atoms. The first kappa shape index (κ1) is 24.2. The second-order valence-electron chi connectivity index (χ2n) is 6.29. The minimum absolute atomic E-state index is 0.262. The fourth-order valence-corrected chi connectivity index (χ4v) is 3.09. The number of aromatic nitrogens is 1. The molecule has 0 saturated carbocycles. The lowest BCUT2D eigenvalue weighted by Gasteiger charge is -2.12. The van der Waals surface area contributed by atoms with Crippen molar-refractivity contribution in [2.75, 3.05) is 25.9 Å². The van der Waals surface area contributed by atoms with Gasteiger partial charge >= 0.3 is 0 Å². The van der Waals surface area contributed by atoms with Gasteiger partial charge in [-0.25, -0.2) is 4.98 Å². The van der Waals surface area contributed by atoms with Crippen LogP contribution in [0.3, 0.4) is 0 Å². The van der Waals surface area contributed by atoms with E-state index in [9.17, 15) is 4.79 Å². The van der Waals surface area contributed by atoms with E-state index in [4.69, 9.17) is 10.5 Å². The zero-order chi connectivity index (χ0) is 20.9. The highest BCUT2D eigenvalue weighted by atomic mass is 79.9. The highest BCUT2D eigenvalue weighted by Gasteiger charge is 2.14. The molecule has 2 aromatic rings. The van der Waals surface area contributed by atoms with Crippen molar-refractivity contribution < 1.29 is 9.53 Å². The number of anilines is 1. The van der Waals surface area contributed by atoms with E-state index in [-0.39, 0.29) is 5.82 Å². The predicted octanol–water partition coefficient (Wildman–Crippen LogP) is 3.25. The normalized spacial score (nSPS) is 15.1. The first-order valence-electron chi connectivity index (χ1n) is 9.38. The molecule has 0 amide bonds. The van der Waals surface area contributed by atoms with Gasteiger partial charge in [0, 0.05) is 17.2 Å². The van der Waals surface area contributed by atoms with Gasteiger partial charge in [-0.3, -0.25) is 4.79 Å². The number of halogens is 1. The van der Waals surface area contributed by atoms with Crippen molar-refractivity contribution in [1.29, 1.82) is 0 Å². The van der Waals surface area contributed by atoms with E-state index in [1.165, 1.54) is 23.7 Å². The van der Waals surface area contributed by atoms with Gasteiger partial charge in [0.15, 0.2) is 6.29 Å². The number of rotatable bonds is 5. The highest BCUT2D eigenvalue weighted by Crippen LogP contribution is 2.15. The summed E-state index contributed by atoms with van der Waals surface area (Å²) in [5, 5.41) is 3.32. The number of aryl methyl sites for hydroxylation is 2. The monoisotopic (exact) mass is 450 g/mol. The highest BCUT2D eigenvalue weighted by molar-refractivity contribution is 9.10. The van der Waals surface area contributed by atoms with Crippen molar-refractivity contribution in [3.63, 3.8) is 0 Å². The van der Waals surface area contributed by atoms with Crippen molar-refractivity contribution >= 4 is 28.0 Å². The number of hydrogen-bond donors (Lipinski definition) is 3. The summed E-state index contributed by atoms with van der Waals surface area (Å²) in [7, 11) is 1.50. The van der Waals surface area contributed by atoms with Gasteiger partial charge in [0.25, 0.3) is 0 Å². The van der Waals surface area contributed by atoms with Gasteiger partial charge in [0.05, 0.1) is 18.3 Å². The molecule has 1 fully saturated rings. The van der Waals surface area contributed by atoms with Crippen molar-refractivity contribution in [2.45, 2.75) is 39.4 Å². The topological polar surface area (TPSA) is 103 Å². The molecule has 1 aliphatic heterocycles. The van der Waals surface area contributed by atoms with E-state index < -0.39 is 0 Å². The maximum atomic E-state index is 10.2. The van der Waals surface area contributed by atoms with Crippen LogP contribution in [-0.2, 0) is 17.8 Å². The Balaban J connectivity index is 0.000000281. The van der Waals surface area contributed by atoms with Crippen molar-refractivity contribution in [3.8, 4) is 0 Å². The summed E-state index contributed by atoms with van der Waals surface area (Å²) >= 11 is 3.16. The number of carbonyl (C=O) groups is 1. The number of nitrogen functional groups attached to an aromatic ring is 1. The van der Waals surface area contributed by atoms with Crippen molar-refractivity contribution in [2.24, 2.45) is 5.73 Å². The largest absolute Gasteiger partial charge is 0.383 e. The fraction of sp³-hybridized carbons (Fsp3) is 0.429. The molecule has 2 heterocycles. The molecule has 6 nitrogen and oxygen atoms in total. The third-order valence-electron chi connectivity index (χ3n) is 4.34. The van der Waals surface area contributed by atoms with Gasteiger partial charge in [-0.05, 0) is 72.0 Å². The average molecular weight is 451 g/mol. The van der Waals surface area contributed by atoms with Crippen LogP contribution in [0.25, 0.3) is 0 Å². The minimum Gasteiger partial charge on any atom is -0.383 e. The molecule has 0 bridgehead atoms. The molecule has 1 saturated heterocycles. The molecule has 1 aromatic heterocycles. The number of pyridine rings is 1. The van der Waals surface area contributed by atoms with Crippen LogP contribution in [0.5, 0.6) is 0 Å². The number of benzene rings is 1. The summed E-state index contributed by atoms with van der Waals surface area (Å²) in [4.78, 5) is 14.0. The summed E-state index contributed by atoms with van der Waals surface area (Å²) in [6.45, 7) is 7.23. The maximum absolute atomic E-state index is 10.2. The summed E-state index contributed by atoms with van der Waals surface area (Å²) in [6, 6.07) is 8.27. The van der Waals surface area contributed by atoms with Crippen molar-refractivity contribution in [1.82, 2.24) is 10.3 Å². The number of aldehydes is 1. The Morgan fingerprint density at radius 1 is 1.36 bits per heavy atom. The molecule has 7 heteroatoms. The number of hydrogen-bond acceptors (Lipinski definition) is 6. The van der Waals surface area contributed by atoms with E-state index in [2.05, 4.69) is 64.0 Å². The van der Waals surface area contributed by atoms with Crippen LogP contribution >= 0.6 is 15.9 Å². The lowest BCUT2D eigenvalue weighted by Crippen LogP contribution is -2.16. The third-order valence-corrected chi connectivity index (χ3v) is 4.77. The molecule has 1 aromatic carbocycles. The summed E-state index contributed by atoms with van der Waals surface area (Å²) < 4.78 is 6.62. The van der Waals surface area contributed by atoms with Crippen molar-refractivity contribution in [3.05, 3.63) is 57.2 Å². The standard InChI is InChI=1S/C14H21NO.C6H5BrN2O.CH5N/c1-3-13-8-12(5-4-11(13)2)10-16-14-6-7-15-9-14;7-5-1-4(3-10)6(8)9-2-5;1-2/h4-5,8,14-15H,3,6-7,9-10H2,1-2H3;1-3H,(H2,8,9);2H2,1H3. The Labute approximate surface area is 176 Å². The number of ether oxygens (including phenoxy) is 1. The van der Waals surface area contributed by atoms with Crippen LogP contribution in [-0.4, -0.2) is 37.5 Å². The minimum atomic E-state index is 0.262. The van der Waals surface area contributed by atoms with E-state index in [1.54, 1.807) is 12.3 Å². The number of nitrogens with one attached hydrogen (secondary N) is 1. The second kappa shape index (κ2) is 13.4. The Morgan fingerprint density at radius 2 is 2.11 bits per heavy atom. The smallest absolute Gasteiger partial charge is 0.153 e. The first-order valence-corrected chi connectivity index (χ1v) is 10.2. The van der Waals surface area contributed by atoms with Gasteiger partial charge in [-0.1, -0.05) is 25.1 Å². The van der Waals surface area contributed by atoms with Crippen LogP contribution < -0.4 is 16.8 Å². The Kier molecular flexibility index (Phi) is 11.6. The Bertz CT molecular complexity index is 734. The molecule has 0 aliphatic carbocycles. The quantitative estimate of drug-likeness (QED) is 0.603. The predicted molar refractivity (Wildman–Crippen MR) is 118 cm³/mol. The molecule has 1 atom stereocenters. The summed E-state index contributed by atoms with van der Waals surface area (Å²) in [5.41, 5.74) is 14.4. The van der Waals surface area contributed by atoms with Crippen LogP contribution in [0.15, 0.2) is 34.9 Å². The van der Waals surface area contributed by atoms with Gasteiger partial charge in [-0.2, -0.15) is 0 Å². The lowest BCUT2D eigenvalue weighted by molar-refractivity contribution is 0.0542. The van der Waals surface area contributed by atoms with E-state index in [0.29, 0.717) is 18.0 Å². The molecule has 28 heavy (non-hydrogen) atoms. The van der Waals surface area contributed by atoms with E-state index in [1.807, 2.05) is 0 Å². The Morgan fingerprint density at radius 3 is 2.68 bits per heavy atom. The molecule has 3 rings (SSSR count). The molecular formula is C21H31BrN4O2. The second-order valence-corrected chi connectivity index (χ2v) is 7.20. The summed E-state index contributed by atoms with van der Waals surface area (Å²) in [6.07, 6.45) is 4.87. The van der Waals surface area contributed by atoms with Gasteiger partial charge in [0.2, 0.25) is 0 Å². The molecule has 0 radical (unpaired) electrons. The van der Waals surface area contributed by atoms with Crippen LogP contribution in [0, 0.1) is 6.92 Å². The van der Waals surface area contributed by atoms with E-state index in [0.717, 1.165) is 37.0 Å². The molecule has 154 valence electrons. The maximum Gasteiger partial charge on any atom is 0.153 e. The zero-order valence-corrected chi connectivity index (χ0v) is 18.5. The number of nitrogens with zero attached hydrogens (tertiary/aromatic N) is 1. The number of nitrogens with two attached hydrogens (primary N) is 2. The average Bonchev–Trinajstić information content (AvgIpc) is 3.25. The first-order chi connectivity index (χ1) is 13.5. The fourth-order valence-electron chi connectivity index (χ4n) is 2.74. The lowest BCUT2D eigenvalue weighted by atomic mass is 10.0. The third kappa shape index (κ3) is 8.06. The molecule has 1 aliphatic rings. The van der Waals surface area contributed by atoms with Gasteiger partial charge in [-0.15, -0.1) is 0 Å². The Hall–Kier alpha value is -1.80. The van der Waals surface area contributed by atoms with Gasteiger partial charge < -0.3 is 21.5 Å². The van der Waals surface area contributed by atoms with E-state index >= 15 is 0 Å². The SMILES string of the molecule is CCc1cc(COC2CCNC2)ccc1C.CN.Nc1ncc(Br)cc1C=O. The van der Waals surface area contributed by atoms with Crippen LogP contribution in [0.2, 0.25) is 0 Å². The number of carbonyl (C=O) groups excluding carboxylic acids is 1. The molecular weight excluding hydrogens is 420 g/mol. The summed E-state index contributed by atoms with van der Waals surface area (Å²) in [5.74, 6) is 0.262. The van der Waals surface area contributed by atoms with Gasteiger partial charge in [0.1, 0.15) is 5.82 Å². The molecule has 5 N–H and O–H groups in total.